The molecule has 0 aliphatic carbocycles. The maximum Gasteiger partial charge on any atom is 0.326 e. The summed E-state index contributed by atoms with van der Waals surface area (Å²) in [5.74, 6) is -4.51. The highest BCUT2D eigenvalue weighted by atomic mass is 19.1. The molecule has 0 spiro atoms. The number of carboxylic acids is 2. The second-order valence-corrected chi connectivity index (χ2v) is 4.25. The van der Waals surface area contributed by atoms with E-state index in [2.05, 4.69) is 0 Å². The highest BCUT2D eigenvalue weighted by Gasteiger charge is 2.25. The monoisotopic (exact) mass is 295 g/mol. The van der Waals surface area contributed by atoms with Gasteiger partial charge in [-0.25, -0.2) is 9.18 Å². The Morgan fingerprint density at radius 1 is 1.29 bits per heavy atom. The van der Waals surface area contributed by atoms with Gasteiger partial charge in [-0.3, -0.25) is 9.59 Å². The molecule has 8 heteroatoms. The molecule has 2 aromatic rings. The predicted octanol–water partition coefficient (Wildman–Crippen LogP) is 1.23. The van der Waals surface area contributed by atoms with Crippen molar-refractivity contribution in [2.24, 2.45) is 0 Å². The van der Waals surface area contributed by atoms with Crippen LogP contribution in [0.3, 0.4) is 0 Å². The second-order valence-electron chi connectivity index (χ2n) is 4.25. The maximum absolute atomic E-state index is 13.4. The molecule has 0 saturated carbocycles. The minimum absolute atomic E-state index is 0.0911. The van der Waals surface area contributed by atoms with Crippen LogP contribution in [0, 0.1) is 5.82 Å². The Morgan fingerprint density at radius 2 is 2.00 bits per heavy atom. The summed E-state index contributed by atoms with van der Waals surface area (Å²) in [5.41, 5.74) is -0.111. The van der Waals surface area contributed by atoms with Crippen LogP contribution < -0.4 is 5.32 Å². The van der Waals surface area contributed by atoms with Gasteiger partial charge in [0.25, 0.3) is 5.91 Å². The summed E-state index contributed by atoms with van der Waals surface area (Å²) in [5, 5.41) is 19.8. The summed E-state index contributed by atoms with van der Waals surface area (Å²) in [4.78, 5) is 33.5. The molecule has 1 aromatic heterocycles. The zero-order chi connectivity index (χ0) is 15.6. The predicted molar refractivity (Wildman–Crippen MR) is 67.3 cm³/mol. The van der Waals surface area contributed by atoms with Crippen LogP contribution in [0.1, 0.15) is 16.8 Å². The number of fused-ring (bicyclic) bond motifs is 1. The van der Waals surface area contributed by atoms with Gasteiger partial charge in [-0.05, 0) is 18.2 Å². The smallest absolute Gasteiger partial charge is 0.326 e. The van der Waals surface area contributed by atoms with Crippen molar-refractivity contribution in [2.45, 2.75) is 12.5 Å². The van der Waals surface area contributed by atoms with Gasteiger partial charge in [-0.2, -0.15) is 0 Å². The van der Waals surface area contributed by atoms with Gasteiger partial charge in [0.1, 0.15) is 17.4 Å². The quantitative estimate of drug-likeness (QED) is 0.763. The largest absolute Gasteiger partial charge is 0.481 e. The van der Waals surface area contributed by atoms with Crippen molar-refractivity contribution in [1.82, 2.24) is 5.32 Å². The van der Waals surface area contributed by atoms with Crippen LogP contribution >= 0.6 is 0 Å². The van der Waals surface area contributed by atoms with Crippen LogP contribution in [0.5, 0.6) is 0 Å². The zero-order valence-electron chi connectivity index (χ0n) is 10.5. The number of nitrogens with one attached hydrogen (secondary N) is 1. The highest BCUT2D eigenvalue weighted by Crippen LogP contribution is 2.22. The van der Waals surface area contributed by atoms with E-state index in [1.54, 1.807) is 0 Å². The molecule has 21 heavy (non-hydrogen) atoms. The molecule has 3 N–H and O–H groups in total. The Hall–Kier alpha value is -2.90. The van der Waals surface area contributed by atoms with E-state index >= 15 is 0 Å². The Labute approximate surface area is 117 Å². The van der Waals surface area contributed by atoms with Gasteiger partial charge < -0.3 is 19.9 Å². The summed E-state index contributed by atoms with van der Waals surface area (Å²) in [6.45, 7) is 0. The molecule has 0 saturated heterocycles. The molecule has 1 amide bonds. The van der Waals surface area contributed by atoms with E-state index < -0.39 is 36.1 Å². The van der Waals surface area contributed by atoms with Crippen LogP contribution in [0.25, 0.3) is 11.0 Å². The summed E-state index contributed by atoms with van der Waals surface area (Å²) in [6.07, 6.45) is 0.463. The lowest BCUT2D eigenvalue weighted by atomic mass is 10.1. The molecule has 0 unspecified atom stereocenters. The average molecular weight is 295 g/mol. The molecule has 110 valence electrons. The van der Waals surface area contributed by atoms with Crippen molar-refractivity contribution in [3.63, 3.8) is 0 Å². The SMILES string of the molecule is O=C(O)C[C@H](NC(=O)c1cc(F)cc2ccoc12)C(=O)O. The van der Waals surface area contributed by atoms with Gasteiger partial charge in [-0.15, -0.1) is 0 Å². The molecule has 0 radical (unpaired) electrons. The highest BCUT2D eigenvalue weighted by molar-refractivity contribution is 6.06. The molecular weight excluding hydrogens is 285 g/mol. The Morgan fingerprint density at radius 3 is 2.62 bits per heavy atom. The van der Waals surface area contributed by atoms with Crippen LogP contribution in [0.2, 0.25) is 0 Å². The van der Waals surface area contributed by atoms with Crippen molar-refractivity contribution < 1.29 is 33.4 Å². The van der Waals surface area contributed by atoms with Crippen molar-refractivity contribution in [1.29, 1.82) is 0 Å². The van der Waals surface area contributed by atoms with E-state index in [1.165, 1.54) is 12.3 Å². The number of halogens is 1. The molecule has 0 aliphatic rings. The van der Waals surface area contributed by atoms with Crippen molar-refractivity contribution >= 4 is 28.8 Å². The van der Waals surface area contributed by atoms with Gasteiger partial charge in [0.05, 0.1) is 18.2 Å². The summed E-state index contributed by atoms with van der Waals surface area (Å²) >= 11 is 0. The number of carbonyl (C=O) groups is 3. The van der Waals surface area contributed by atoms with Gasteiger partial charge in [-0.1, -0.05) is 0 Å². The van der Waals surface area contributed by atoms with Crippen LogP contribution in [-0.4, -0.2) is 34.1 Å². The molecule has 1 aromatic carbocycles. The maximum atomic E-state index is 13.4. The van der Waals surface area contributed by atoms with Gasteiger partial charge in [0.2, 0.25) is 0 Å². The van der Waals surface area contributed by atoms with Gasteiger partial charge in [0.15, 0.2) is 0 Å². The summed E-state index contributed by atoms with van der Waals surface area (Å²) in [7, 11) is 0. The van der Waals surface area contributed by atoms with Crippen molar-refractivity contribution in [2.75, 3.05) is 0 Å². The number of carboxylic acid groups (broad SMARTS) is 2. The lowest BCUT2D eigenvalue weighted by molar-refractivity contribution is -0.145. The van der Waals surface area contributed by atoms with E-state index in [4.69, 9.17) is 14.6 Å². The first-order valence-corrected chi connectivity index (χ1v) is 5.80. The number of amides is 1. The minimum Gasteiger partial charge on any atom is -0.481 e. The second kappa shape index (κ2) is 5.61. The molecule has 0 bridgehead atoms. The number of carbonyl (C=O) groups excluding carboxylic acids is 1. The zero-order valence-corrected chi connectivity index (χ0v) is 10.5. The van der Waals surface area contributed by atoms with Crippen LogP contribution in [0.4, 0.5) is 4.39 Å². The molecule has 1 atom stereocenters. The fourth-order valence-corrected chi connectivity index (χ4v) is 1.82. The number of benzene rings is 1. The first-order chi connectivity index (χ1) is 9.88. The van der Waals surface area contributed by atoms with E-state index in [0.29, 0.717) is 5.39 Å². The molecule has 0 aliphatic heterocycles. The van der Waals surface area contributed by atoms with E-state index in [1.807, 2.05) is 5.32 Å². The van der Waals surface area contributed by atoms with E-state index in [-0.39, 0.29) is 11.1 Å². The van der Waals surface area contributed by atoms with E-state index in [0.717, 1.165) is 12.1 Å². The van der Waals surface area contributed by atoms with Crippen molar-refractivity contribution in [3.05, 3.63) is 35.8 Å². The summed E-state index contributed by atoms with van der Waals surface area (Å²) < 4.78 is 18.5. The molecule has 7 nitrogen and oxygen atoms in total. The lowest BCUT2D eigenvalue weighted by Gasteiger charge is -2.12. The van der Waals surface area contributed by atoms with E-state index in [9.17, 15) is 18.8 Å². The van der Waals surface area contributed by atoms with Crippen molar-refractivity contribution in [3.8, 4) is 0 Å². The number of rotatable bonds is 5. The Bertz CT molecular complexity index is 723. The third-order valence-electron chi connectivity index (χ3n) is 2.74. The van der Waals surface area contributed by atoms with Crippen LogP contribution in [-0.2, 0) is 9.59 Å². The van der Waals surface area contributed by atoms with Crippen LogP contribution in [0.15, 0.2) is 28.9 Å². The third-order valence-corrected chi connectivity index (χ3v) is 2.74. The normalized spacial score (nSPS) is 12.0. The number of aliphatic carboxylic acids is 2. The summed E-state index contributed by atoms with van der Waals surface area (Å²) in [6, 6.07) is 1.87. The fraction of sp³-hybridized carbons (Fsp3) is 0.154. The lowest BCUT2D eigenvalue weighted by Crippen LogP contribution is -2.42. The van der Waals surface area contributed by atoms with Gasteiger partial charge >= 0.3 is 11.9 Å². The number of furan rings is 1. The molecule has 2 rings (SSSR count). The Balaban J connectivity index is 2.31. The fourth-order valence-electron chi connectivity index (χ4n) is 1.82. The molecular formula is C13H10FNO6. The average Bonchev–Trinajstić information content (AvgIpc) is 2.83. The Kier molecular flexibility index (Phi) is 3.88. The minimum atomic E-state index is -1.62. The number of hydrogen-bond acceptors (Lipinski definition) is 4. The topological polar surface area (TPSA) is 117 Å². The number of hydrogen-bond donors (Lipinski definition) is 3. The first-order valence-electron chi connectivity index (χ1n) is 5.80. The first kappa shape index (κ1) is 14.5. The third kappa shape index (κ3) is 3.16. The molecule has 0 fully saturated rings. The van der Waals surface area contributed by atoms with Gasteiger partial charge in [0, 0.05) is 5.39 Å². The molecule has 1 heterocycles. The standard InChI is InChI=1S/C13H10FNO6/c14-7-3-6-1-2-21-11(6)8(4-7)12(18)15-9(13(19)20)5-10(16)17/h1-4,9H,5H2,(H,15,18)(H,16,17)(H,19,20)/t9-/m0/s1.